The molecular formula is C32H50N2O3. The number of likely N-dealkylation sites (N-methyl/N-ethyl adjacent to an activating group) is 1. The minimum atomic E-state index is -0.0892. The predicted octanol–water partition coefficient (Wildman–Crippen LogP) is 5.48. The van der Waals surface area contributed by atoms with Crippen molar-refractivity contribution in [2.24, 2.45) is 40.9 Å². The van der Waals surface area contributed by atoms with Gasteiger partial charge in [0, 0.05) is 45.4 Å². The third kappa shape index (κ3) is 4.08. The molecule has 37 heavy (non-hydrogen) atoms. The second-order valence-corrected chi connectivity index (χ2v) is 14.7. The van der Waals surface area contributed by atoms with Gasteiger partial charge < -0.3 is 9.64 Å². The van der Waals surface area contributed by atoms with Gasteiger partial charge in [0.2, 0.25) is 5.91 Å². The number of piperidine rings is 1. The first-order valence-electron chi connectivity index (χ1n) is 15.3. The lowest BCUT2D eigenvalue weighted by Crippen LogP contribution is -2.54. The first-order valence-corrected chi connectivity index (χ1v) is 15.3. The van der Waals surface area contributed by atoms with Crippen LogP contribution in [0.5, 0.6) is 0 Å². The van der Waals surface area contributed by atoms with Crippen LogP contribution in [0.3, 0.4) is 0 Å². The van der Waals surface area contributed by atoms with E-state index in [0.717, 1.165) is 56.9 Å². The number of ketones is 1. The van der Waals surface area contributed by atoms with Gasteiger partial charge in [0.1, 0.15) is 5.78 Å². The molecule has 0 radical (unpaired) electrons. The highest BCUT2D eigenvalue weighted by Crippen LogP contribution is 2.65. The zero-order valence-corrected chi connectivity index (χ0v) is 24.2. The molecule has 1 amide bonds. The zero-order valence-electron chi connectivity index (χ0n) is 24.2. The molecule has 4 aliphatic carbocycles. The molecule has 206 valence electrons. The molecule has 2 heterocycles. The molecule has 0 aromatic heterocycles. The van der Waals surface area contributed by atoms with Gasteiger partial charge in [-0.1, -0.05) is 31.9 Å². The number of likely N-dealkylation sites (tertiary alicyclic amines) is 1. The monoisotopic (exact) mass is 510 g/mol. The van der Waals surface area contributed by atoms with Crippen LogP contribution < -0.4 is 0 Å². The van der Waals surface area contributed by atoms with Crippen LogP contribution in [0.25, 0.3) is 0 Å². The zero-order chi connectivity index (χ0) is 26.3. The molecule has 2 aliphatic heterocycles. The summed E-state index contributed by atoms with van der Waals surface area (Å²) >= 11 is 0. The summed E-state index contributed by atoms with van der Waals surface area (Å²) in [5.41, 5.74) is 3.65. The minimum Gasteiger partial charge on any atom is -0.369 e. The fourth-order valence-electron chi connectivity index (χ4n) is 10.5. The van der Waals surface area contributed by atoms with Crippen molar-refractivity contribution in [3.63, 3.8) is 0 Å². The van der Waals surface area contributed by atoms with E-state index < -0.39 is 0 Å². The van der Waals surface area contributed by atoms with Crippen LogP contribution in [0.4, 0.5) is 0 Å². The van der Waals surface area contributed by atoms with Crippen molar-refractivity contribution in [1.29, 1.82) is 0 Å². The Morgan fingerprint density at radius 2 is 1.92 bits per heavy atom. The molecule has 5 heteroatoms. The summed E-state index contributed by atoms with van der Waals surface area (Å²) in [7, 11) is 3.74. The van der Waals surface area contributed by atoms with E-state index in [-0.39, 0.29) is 17.6 Å². The van der Waals surface area contributed by atoms with Gasteiger partial charge >= 0.3 is 0 Å². The van der Waals surface area contributed by atoms with Crippen molar-refractivity contribution in [2.75, 3.05) is 27.2 Å². The van der Waals surface area contributed by atoms with Crippen LogP contribution in [0.15, 0.2) is 11.1 Å². The second kappa shape index (κ2) is 9.18. The van der Waals surface area contributed by atoms with Crippen molar-refractivity contribution >= 4 is 11.7 Å². The summed E-state index contributed by atoms with van der Waals surface area (Å²) in [5, 5.41) is 0. The fourth-order valence-corrected chi connectivity index (χ4v) is 10.5. The first-order chi connectivity index (χ1) is 17.5. The molecule has 1 spiro atoms. The number of amides is 1. The van der Waals surface area contributed by atoms with Crippen LogP contribution in [0, 0.1) is 40.9 Å². The highest BCUT2D eigenvalue weighted by Gasteiger charge is 2.60. The Hall–Kier alpha value is -1.20. The molecule has 0 aromatic carbocycles. The summed E-state index contributed by atoms with van der Waals surface area (Å²) in [5.74, 6) is 4.59. The minimum absolute atomic E-state index is 0.0892. The van der Waals surface area contributed by atoms with E-state index in [4.69, 9.17) is 4.74 Å². The van der Waals surface area contributed by atoms with Gasteiger partial charge in [-0.15, -0.1) is 0 Å². The van der Waals surface area contributed by atoms with Crippen molar-refractivity contribution in [3.8, 4) is 0 Å². The van der Waals surface area contributed by atoms with Gasteiger partial charge in [-0.2, -0.15) is 0 Å². The summed E-state index contributed by atoms with van der Waals surface area (Å²) in [6, 6.07) is 0.345. The lowest BCUT2D eigenvalue weighted by atomic mass is 9.52. The Labute approximate surface area is 224 Å². The number of allylic oxidation sites excluding steroid dienone is 1. The number of ether oxygens (including phenoxy) is 1. The topological polar surface area (TPSA) is 49.9 Å². The summed E-state index contributed by atoms with van der Waals surface area (Å²) in [6.45, 7) is 11.2. The third-order valence-corrected chi connectivity index (χ3v) is 12.5. The Bertz CT molecular complexity index is 989. The highest BCUT2D eigenvalue weighted by molar-refractivity contribution is 5.79. The molecule has 0 N–H and O–H groups in total. The smallest absolute Gasteiger partial charge is 0.236 e. The number of fused-ring (bicyclic) bond motifs is 6. The molecule has 5 fully saturated rings. The van der Waals surface area contributed by atoms with Gasteiger partial charge in [-0.25, -0.2) is 0 Å². The highest BCUT2D eigenvalue weighted by atomic mass is 16.5. The number of hydrogen-bond donors (Lipinski definition) is 0. The van der Waals surface area contributed by atoms with Crippen molar-refractivity contribution in [1.82, 2.24) is 9.80 Å². The first kappa shape index (κ1) is 26.0. The summed E-state index contributed by atoms with van der Waals surface area (Å²) < 4.78 is 7.18. The van der Waals surface area contributed by atoms with Crippen LogP contribution >= 0.6 is 0 Å². The Balaban J connectivity index is 1.25. The normalized spacial score (nSPS) is 47.8. The largest absolute Gasteiger partial charge is 0.369 e. The molecule has 6 rings (SSSR count). The average Bonchev–Trinajstić information content (AvgIpc) is 3.29. The molecule has 10 atom stereocenters. The van der Waals surface area contributed by atoms with Gasteiger partial charge in [-0.3, -0.25) is 14.5 Å². The third-order valence-electron chi connectivity index (χ3n) is 12.5. The predicted molar refractivity (Wildman–Crippen MR) is 146 cm³/mol. The summed E-state index contributed by atoms with van der Waals surface area (Å²) in [4.78, 5) is 29.2. The van der Waals surface area contributed by atoms with E-state index in [1.165, 1.54) is 25.7 Å². The lowest BCUT2D eigenvalue weighted by Gasteiger charge is -2.52. The van der Waals surface area contributed by atoms with Crippen LogP contribution in [0.2, 0.25) is 0 Å². The van der Waals surface area contributed by atoms with E-state index in [1.54, 1.807) is 16.0 Å². The van der Waals surface area contributed by atoms with Crippen LogP contribution in [0.1, 0.15) is 91.9 Å². The standard InChI is InChI=1S/C32H50N2O3/c1-19-13-28-30(34(17-19)18-29(36)33(5)6)21(3)32(37-28)12-10-24-25-8-7-22-14-23(35)9-11-31(22,4)27(25)15-26(24)20(2)16-32/h19,21-22,24-25,27-28,30H,7-18H2,1-6H3/t19-,21+,22?,24-,25-,27-,28+,30-,31-,32-/m0/s1. The van der Waals surface area contributed by atoms with Crippen LogP contribution in [-0.2, 0) is 14.3 Å². The fraction of sp³-hybridized carbons (Fsp3) is 0.875. The van der Waals surface area contributed by atoms with Gasteiger partial charge in [0.15, 0.2) is 0 Å². The van der Waals surface area contributed by atoms with Gasteiger partial charge in [-0.05, 0) is 93.3 Å². The lowest BCUT2D eigenvalue weighted by molar-refractivity contribution is -0.132. The molecule has 6 aliphatic rings. The molecule has 5 nitrogen and oxygen atoms in total. The molecule has 3 saturated carbocycles. The number of Topliss-reactive ketones (excluding diaryl/α,β-unsaturated/α-hetero) is 1. The van der Waals surface area contributed by atoms with E-state index in [0.29, 0.717) is 47.5 Å². The Kier molecular flexibility index (Phi) is 6.46. The molecule has 0 bridgehead atoms. The molecular weight excluding hydrogens is 460 g/mol. The number of nitrogens with zero attached hydrogens (tertiary/aromatic N) is 2. The van der Waals surface area contributed by atoms with Crippen LogP contribution in [-0.4, -0.2) is 66.4 Å². The SMILES string of the molecule is CC1=C2C[C@H]3[C@@H](CCC4CC(=O)CC[C@@]43C)[C@@H]2CC[C@@]2(C1)O[C@@H]1C[C@H](C)CN(CC(=O)N(C)C)[C@H]1[C@H]2C. The van der Waals surface area contributed by atoms with Gasteiger partial charge in [0.25, 0.3) is 0 Å². The average molecular weight is 511 g/mol. The maximum Gasteiger partial charge on any atom is 0.236 e. The van der Waals surface area contributed by atoms with E-state index >= 15 is 0 Å². The number of carbonyl (C=O) groups excluding carboxylic acids is 2. The van der Waals surface area contributed by atoms with Gasteiger partial charge in [0.05, 0.1) is 18.2 Å². The number of carbonyl (C=O) groups is 2. The van der Waals surface area contributed by atoms with E-state index in [9.17, 15) is 9.59 Å². The van der Waals surface area contributed by atoms with Crippen molar-refractivity contribution < 1.29 is 14.3 Å². The number of hydrogen-bond acceptors (Lipinski definition) is 4. The molecule has 2 saturated heterocycles. The Morgan fingerprint density at radius 1 is 1.14 bits per heavy atom. The maximum atomic E-state index is 12.7. The summed E-state index contributed by atoms with van der Waals surface area (Å²) in [6.07, 6.45) is 11.4. The quantitative estimate of drug-likeness (QED) is 0.462. The second-order valence-electron chi connectivity index (χ2n) is 14.7. The van der Waals surface area contributed by atoms with Crippen molar-refractivity contribution in [3.05, 3.63) is 11.1 Å². The molecule has 0 aromatic rings. The molecule has 1 unspecified atom stereocenters. The van der Waals surface area contributed by atoms with Crippen molar-refractivity contribution in [2.45, 2.75) is 110 Å². The van der Waals surface area contributed by atoms with E-state index in [1.807, 2.05) is 14.1 Å². The maximum absolute atomic E-state index is 12.7. The number of rotatable bonds is 2. The van der Waals surface area contributed by atoms with E-state index in [2.05, 4.69) is 32.6 Å². The Morgan fingerprint density at radius 3 is 2.68 bits per heavy atom.